The van der Waals surface area contributed by atoms with Crippen molar-refractivity contribution in [2.45, 2.75) is 32.7 Å². The molecule has 2 rings (SSSR count). The van der Waals surface area contributed by atoms with Crippen LogP contribution in [0.2, 0.25) is 0 Å². The topological polar surface area (TPSA) is 69.6 Å². The van der Waals surface area contributed by atoms with E-state index in [4.69, 9.17) is 0 Å². The van der Waals surface area contributed by atoms with Crippen LogP contribution in [-0.4, -0.2) is 47.6 Å². The van der Waals surface area contributed by atoms with E-state index in [1.807, 2.05) is 19.9 Å². The highest BCUT2D eigenvalue weighted by atomic mass is 16.3. The first-order valence-corrected chi connectivity index (χ1v) is 7.28. The van der Waals surface area contributed by atoms with Crippen molar-refractivity contribution in [3.63, 3.8) is 0 Å². The molecule has 1 heterocycles. The first kappa shape index (κ1) is 15.5. The van der Waals surface area contributed by atoms with Gasteiger partial charge in [-0.05, 0) is 38.8 Å². The van der Waals surface area contributed by atoms with Gasteiger partial charge in [-0.2, -0.15) is 0 Å². The Balaban J connectivity index is 1.93. The summed E-state index contributed by atoms with van der Waals surface area (Å²) in [5.74, 6) is -0.376. The van der Waals surface area contributed by atoms with E-state index in [9.17, 15) is 14.7 Å². The average molecular weight is 290 g/mol. The van der Waals surface area contributed by atoms with Crippen molar-refractivity contribution in [2.75, 3.05) is 19.7 Å². The highest BCUT2D eigenvalue weighted by Crippen LogP contribution is 2.16. The van der Waals surface area contributed by atoms with Gasteiger partial charge in [-0.3, -0.25) is 9.59 Å². The molecule has 1 atom stereocenters. The molecule has 1 saturated heterocycles. The molecule has 5 nitrogen and oxygen atoms in total. The first-order valence-electron chi connectivity index (χ1n) is 7.28. The molecule has 0 saturated carbocycles. The second-order valence-electron chi connectivity index (χ2n) is 5.62. The molecular weight excluding hydrogens is 268 g/mol. The highest BCUT2D eigenvalue weighted by Gasteiger charge is 2.27. The van der Waals surface area contributed by atoms with Crippen molar-refractivity contribution in [2.24, 2.45) is 0 Å². The number of aliphatic hydroxyl groups excluding tert-OH is 1. The highest BCUT2D eigenvalue weighted by molar-refractivity contribution is 5.96. The standard InChI is InChI=1S/C16H22N2O3/c1-11-6-12(2)8-13(7-11)16(21)17-9-15(20)18-5-3-4-14(18)10-19/h6-8,14,19H,3-5,9-10H2,1-2H3,(H,17,21)/t14-/m1/s1. The molecule has 0 aliphatic carbocycles. The predicted octanol–water partition coefficient (Wildman–Crippen LogP) is 1.02. The third kappa shape index (κ3) is 3.82. The molecule has 1 fully saturated rings. The summed E-state index contributed by atoms with van der Waals surface area (Å²) in [6.45, 7) is 4.48. The summed E-state index contributed by atoms with van der Waals surface area (Å²) < 4.78 is 0. The van der Waals surface area contributed by atoms with Crippen molar-refractivity contribution in [1.29, 1.82) is 0 Å². The largest absolute Gasteiger partial charge is 0.394 e. The van der Waals surface area contributed by atoms with Crippen LogP contribution in [0, 0.1) is 13.8 Å². The van der Waals surface area contributed by atoms with Crippen LogP contribution >= 0.6 is 0 Å². The lowest BCUT2D eigenvalue weighted by atomic mass is 10.1. The van der Waals surface area contributed by atoms with Crippen LogP contribution < -0.4 is 5.32 Å². The van der Waals surface area contributed by atoms with Crippen LogP contribution in [0.1, 0.15) is 34.3 Å². The number of rotatable bonds is 4. The maximum atomic E-state index is 12.1. The summed E-state index contributed by atoms with van der Waals surface area (Å²) in [5.41, 5.74) is 2.61. The zero-order valence-electron chi connectivity index (χ0n) is 12.6. The van der Waals surface area contributed by atoms with E-state index >= 15 is 0 Å². The monoisotopic (exact) mass is 290 g/mol. The molecule has 0 aromatic heterocycles. The second-order valence-corrected chi connectivity index (χ2v) is 5.62. The summed E-state index contributed by atoms with van der Waals surface area (Å²) in [6, 6.07) is 5.51. The van der Waals surface area contributed by atoms with E-state index in [-0.39, 0.29) is 31.0 Å². The van der Waals surface area contributed by atoms with Crippen molar-refractivity contribution in [1.82, 2.24) is 10.2 Å². The molecule has 0 spiro atoms. The number of carbonyl (C=O) groups is 2. The van der Waals surface area contributed by atoms with Crippen molar-refractivity contribution < 1.29 is 14.7 Å². The van der Waals surface area contributed by atoms with E-state index in [2.05, 4.69) is 5.32 Å². The summed E-state index contributed by atoms with van der Waals surface area (Å²) in [5, 5.41) is 11.9. The number of aliphatic hydroxyl groups is 1. The number of hydrogen-bond donors (Lipinski definition) is 2. The number of hydrogen-bond acceptors (Lipinski definition) is 3. The SMILES string of the molecule is Cc1cc(C)cc(C(=O)NCC(=O)N2CCC[C@@H]2CO)c1. The lowest BCUT2D eigenvalue weighted by Gasteiger charge is -2.23. The number of likely N-dealkylation sites (tertiary alicyclic amines) is 1. The Hall–Kier alpha value is -1.88. The molecule has 1 aliphatic heterocycles. The number of carbonyl (C=O) groups excluding carboxylic acids is 2. The van der Waals surface area contributed by atoms with Gasteiger partial charge in [0.2, 0.25) is 5.91 Å². The van der Waals surface area contributed by atoms with E-state index in [1.54, 1.807) is 17.0 Å². The van der Waals surface area contributed by atoms with Gasteiger partial charge < -0.3 is 15.3 Å². The van der Waals surface area contributed by atoms with E-state index < -0.39 is 0 Å². The molecule has 1 aromatic carbocycles. The number of amides is 2. The summed E-state index contributed by atoms with van der Waals surface area (Å²) in [7, 11) is 0. The molecule has 0 unspecified atom stereocenters. The van der Waals surface area contributed by atoms with Gasteiger partial charge in [0.1, 0.15) is 0 Å². The molecule has 5 heteroatoms. The molecule has 1 aromatic rings. The minimum absolute atomic E-state index is 0.0171. The van der Waals surface area contributed by atoms with Gasteiger partial charge >= 0.3 is 0 Å². The fourth-order valence-corrected chi connectivity index (χ4v) is 2.82. The Morgan fingerprint density at radius 1 is 1.29 bits per heavy atom. The van der Waals surface area contributed by atoms with Crippen LogP contribution in [0.15, 0.2) is 18.2 Å². The Labute approximate surface area is 125 Å². The zero-order chi connectivity index (χ0) is 15.4. The van der Waals surface area contributed by atoms with E-state index in [1.165, 1.54) is 0 Å². The molecule has 0 radical (unpaired) electrons. The minimum atomic E-state index is -0.241. The Morgan fingerprint density at radius 2 is 1.95 bits per heavy atom. The molecule has 2 N–H and O–H groups in total. The van der Waals surface area contributed by atoms with Crippen molar-refractivity contribution in [3.8, 4) is 0 Å². The van der Waals surface area contributed by atoms with E-state index in [0.717, 1.165) is 24.0 Å². The third-order valence-electron chi connectivity index (χ3n) is 3.79. The molecule has 1 aliphatic rings. The quantitative estimate of drug-likeness (QED) is 0.869. The van der Waals surface area contributed by atoms with Gasteiger partial charge in [0.15, 0.2) is 0 Å². The van der Waals surface area contributed by atoms with Gasteiger partial charge in [0.05, 0.1) is 19.2 Å². The van der Waals surface area contributed by atoms with Crippen LogP contribution in [0.4, 0.5) is 0 Å². The summed E-state index contributed by atoms with van der Waals surface area (Å²) in [6.07, 6.45) is 1.73. The predicted molar refractivity (Wildman–Crippen MR) is 80.1 cm³/mol. The fraction of sp³-hybridized carbons (Fsp3) is 0.500. The molecule has 21 heavy (non-hydrogen) atoms. The normalized spacial score (nSPS) is 17.9. The van der Waals surface area contributed by atoms with Gasteiger partial charge in [0.25, 0.3) is 5.91 Å². The summed E-state index contributed by atoms with van der Waals surface area (Å²) >= 11 is 0. The molecule has 0 bridgehead atoms. The number of benzene rings is 1. The Morgan fingerprint density at radius 3 is 2.57 bits per heavy atom. The maximum absolute atomic E-state index is 12.1. The number of nitrogens with one attached hydrogen (secondary N) is 1. The second kappa shape index (κ2) is 6.72. The smallest absolute Gasteiger partial charge is 0.251 e. The Kier molecular flexibility index (Phi) is 4.96. The van der Waals surface area contributed by atoms with E-state index in [0.29, 0.717) is 12.1 Å². The van der Waals surface area contributed by atoms with Crippen LogP contribution in [0.25, 0.3) is 0 Å². The number of aryl methyl sites for hydroxylation is 2. The van der Waals surface area contributed by atoms with Crippen LogP contribution in [-0.2, 0) is 4.79 Å². The molecule has 2 amide bonds. The average Bonchev–Trinajstić information content (AvgIpc) is 2.91. The third-order valence-corrected chi connectivity index (χ3v) is 3.79. The first-order chi connectivity index (χ1) is 10.0. The molecule has 114 valence electrons. The molecular formula is C16H22N2O3. The zero-order valence-corrected chi connectivity index (χ0v) is 12.6. The minimum Gasteiger partial charge on any atom is -0.394 e. The van der Waals surface area contributed by atoms with Crippen LogP contribution in [0.5, 0.6) is 0 Å². The Bertz CT molecular complexity index is 522. The fourth-order valence-electron chi connectivity index (χ4n) is 2.82. The summed E-state index contributed by atoms with van der Waals surface area (Å²) in [4.78, 5) is 25.8. The van der Waals surface area contributed by atoms with Gasteiger partial charge in [0, 0.05) is 12.1 Å². The van der Waals surface area contributed by atoms with Gasteiger partial charge in [-0.1, -0.05) is 17.2 Å². The lowest BCUT2D eigenvalue weighted by molar-refractivity contribution is -0.131. The van der Waals surface area contributed by atoms with Crippen LogP contribution in [0.3, 0.4) is 0 Å². The van der Waals surface area contributed by atoms with Crippen molar-refractivity contribution in [3.05, 3.63) is 34.9 Å². The number of nitrogens with zero attached hydrogens (tertiary/aromatic N) is 1. The maximum Gasteiger partial charge on any atom is 0.251 e. The van der Waals surface area contributed by atoms with Gasteiger partial charge in [-0.15, -0.1) is 0 Å². The van der Waals surface area contributed by atoms with Crippen molar-refractivity contribution >= 4 is 11.8 Å². The van der Waals surface area contributed by atoms with Gasteiger partial charge in [-0.25, -0.2) is 0 Å². The lowest BCUT2D eigenvalue weighted by Crippen LogP contribution is -2.43.